The normalized spacial score (nSPS) is 21.2. The van der Waals surface area contributed by atoms with Crippen molar-refractivity contribution in [3.63, 3.8) is 0 Å². The maximum atomic E-state index is 10.8. The molecule has 1 heterocycles. The molecular formula is C6H3ClOS. The first-order valence-corrected chi connectivity index (χ1v) is 4.04. The molecular weight excluding hydrogens is 156 g/mol. The van der Waals surface area contributed by atoms with Gasteiger partial charge in [-0.15, -0.1) is 0 Å². The van der Waals surface area contributed by atoms with Crippen LogP contribution in [0.4, 0.5) is 0 Å². The molecule has 1 nitrogen and oxygen atoms in total. The van der Waals surface area contributed by atoms with E-state index in [2.05, 4.69) is 0 Å². The van der Waals surface area contributed by atoms with E-state index in [0.717, 1.165) is 9.79 Å². The van der Waals surface area contributed by atoms with Crippen LogP contribution in [0.15, 0.2) is 28.0 Å². The lowest BCUT2D eigenvalue weighted by Crippen LogP contribution is -1.55. The zero-order chi connectivity index (χ0) is 6.43. The Bertz CT molecular complexity index is 295. The Kier molecular flexibility index (Phi) is 0.957. The molecule has 1 atom stereocenters. The fourth-order valence-electron chi connectivity index (χ4n) is 0.786. The summed E-state index contributed by atoms with van der Waals surface area (Å²) in [7, 11) is -0.858. The van der Waals surface area contributed by atoms with Crippen molar-refractivity contribution in [2.75, 3.05) is 0 Å². The molecule has 1 aliphatic rings. The van der Waals surface area contributed by atoms with Crippen LogP contribution in [0, 0.1) is 0 Å². The van der Waals surface area contributed by atoms with E-state index in [-0.39, 0.29) is 0 Å². The van der Waals surface area contributed by atoms with Gasteiger partial charge in [-0.1, -0.05) is 17.7 Å². The lowest BCUT2D eigenvalue weighted by atomic mass is 10.4. The zero-order valence-corrected chi connectivity index (χ0v) is 6.00. The minimum Gasteiger partial charge on any atom is -0.249 e. The second-order valence-corrected chi connectivity index (χ2v) is 3.63. The number of fused-ring (bicyclic) bond motifs is 1. The Morgan fingerprint density at radius 3 is 2.78 bits per heavy atom. The number of rotatable bonds is 0. The molecule has 9 heavy (non-hydrogen) atoms. The summed E-state index contributed by atoms with van der Waals surface area (Å²) < 4.78 is 10.8. The summed E-state index contributed by atoms with van der Waals surface area (Å²) in [6.45, 7) is 0. The Balaban J connectivity index is 2.74. The Morgan fingerprint density at radius 1 is 1.44 bits per heavy atom. The van der Waals surface area contributed by atoms with E-state index in [1.54, 1.807) is 6.07 Å². The Labute approximate surface area is 60.1 Å². The van der Waals surface area contributed by atoms with Gasteiger partial charge in [0.1, 0.15) is 0 Å². The molecule has 0 aromatic heterocycles. The minimum atomic E-state index is -0.858. The van der Waals surface area contributed by atoms with Crippen LogP contribution in [-0.2, 0) is 10.8 Å². The van der Waals surface area contributed by atoms with Gasteiger partial charge in [0.15, 0.2) is 0 Å². The highest BCUT2D eigenvalue weighted by molar-refractivity contribution is 7.91. The molecule has 1 aliphatic heterocycles. The average Bonchev–Trinajstić information content (AvgIpc) is 2.45. The summed E-state index contributed by atoms with van der Waals surface area (Å²) in [6.07, 6.45) is 0. The molecule has 0 radical (unpaired) electrons. The van der Waals surface area contributed by atoms with Gasteiger partial charge < -0.3 is 0 Å². The van der Waals surface area contributed by atoms with Crippen LogP contribution in [0.1, 0.15) is 0 Å². The molecule has 0 fully saturated rings. The van der Waals surface area contributed by atoms with Crippen LogP contribution in [0.2, 0.25) is 5.02 Å². The summed E-state index contributed by atoms with van der Waals surface area (Å²) in [6, 6.07) is 5.40. The van der Waals surface area contributed by atoms with Crippen molar-refractivity contribution in [3.05, 3.63) is 23.2 Å². The Hall–Kier alpha value is -0.340. The van der Waals surface area contributed by atoms with E-state index in [9.17, 15) is 4.21 Å². The van der Waals surface area contributed by atoms with Gasteiger partial charge in [0.2, 0.25) is 0 Å². The number of hydrogen-bond donors (Lipinski definition) is 0. The van der Waals surface area contributed by atoms with Gasteiger partial charge >= 0.3 is 0 Å². The predicted octanol–water partition coefficient (Wildman–Crippen LogP) is 1.82. The van der Waals surface area contributed by atoms with Crippen LogP contribution >= 0.6 is 11.6 Å². The largest absolute Gasteiger partial charge is 0.249 e. The first-order chi connectivity index (χ1) is 4.30. The van der Waals surface area contributed by atoms with E-state index in [1.807, 2.05) is 12.1 Å². The third-order valence-electron chi connectivity index (χ3n) is 1.27. The van der Waals surface area contributed by atoms with Gasteiger partial charge in [-0.25, -0.2) is 4.21 Å². The highest BCUT2D eigenvalue weighted by atomic mass is 35.5. The number of benzene rings is 1. The minimum absolute atomic E-state index is 0.630. The van der Waals surface area contributed by atoms with Crippen LogP contribution in [0.25, 0.3) is 0 Å². The molecule has 3 heteroatoms. The molecule has 0 saturated carbocycles. The lowest BCUT2D eigenvalue weighted by molar-refractivity contribution is 0.693. The Morgan fingerprint density at radius 2 is 2.22 bits per heavy atom. The molecule has 2 rings (SSSR count). The fourth-order valence-corrected chi connectivity index (χ4v) is 2.25. The maximum absolute atomic E-state index is 10.8. The van der Waals surface area contributed by atoms with Crippen molar-refractivity contribution >= 4 is 22.4 Å². The predicted molar refractivity (Wildman–Crippen MR) is 36.1 cm³/mol. The van der Waals surface area contributed by atoms with Crippen molar-refractivity contribution in [1.82, 2.24) is 0 Å². The van der Waals surface area contributed by atoms with Crippen molar-refractivity contribution in [2.45, 2.75) is 9.79 Å². The highest BCUT2D eigenvalue weighted by Crippen LogP contribution is 2.40. The maximum Gasteiger partial charge on any atom is 0.0890 e. The van der Waals surface area contributed by atoms with Crippen LogP contribution in [0.5, 0.6) is 0 Å². The highest BCUT2D eigenvalue weighted by Gasteiger charge is 2.30. The summed E-state index contributed by atoms with van der Waals surface area (Å²) in [5.74, 6) is 0. The average molecular weight is 159 g/mol. The third-order valence-corrected chi connectivity index (χ3v) is 3.05. The quantitative estimate of drug-likeness (QED) is 0.535. The number of halogens is 1. The lowest BCUT2D eigenvalue weighted by Gasteiger charge is -1.76. The second-order valence-electron chi connectivity index (χ2n) is 1.84. The first kappa shape index (κ1) is 5.45. The molecule has 46 valence electrons. The summed E-state index contributed by atoms with van der Waals surface area (Å²) in [4.78, 5) is 1.71. The number of hydrogen-bond acceptors (Lipinski definition) is 1. The topological polar surface area (TPSA) is 17.1 Å². The van der Waals surface area contributed by atoms with E-state index in [4.69, 9.17) is 11.6 Å². The molecule has 1 unspecified atom stereocenters. The standard InChI is InChI=1S/C6H3ClOS/c7-4-2-1-3-5-6(4)9(5)8/h1-3H. The van der Waals surface area contributed by atoms with Crippen molar-refractivity contribution in [1.29, 1.82) is 0 Å². The fraction of sp³-hybridized carbons (Fsp3) is 0. The summed E-state index contributed by atoms with van der Waals surface area (Å²) >= 11 is 5.66. The van der Waals surface area contributed by atoms with Crippen molar-refractivity contribution < 1.29 is 4.21 Å². The smallest absolute Gasteiger partial charge is 0.0890 e. The van der Waals surface area contributed by atoms with Crippen LogP contribution in [-0.4, -0.2) is 4.21 Å². The zero-order valence-electron chi connectivity index (χ0n) is 4.43. The molecule has 0 spiro atoms. The summed E-state index contributed by atoms with van der Waals surface area (Å²) in [5.41, 5.74) is 0. The van der Waals surface area contributed by atoms with Gasteiger partial charge in [0, 0.05) is 0 Å². The van der Waals surface area contributed by atoms with Gasteiger partial charge in [0.25, 0.3) is 0 Å². The van der Waals surface area contributed by atoms with E-state index in [1.165, 1.54) is 0 Å². The molecule has 1 aromatic carbocycles. The molecule has 0 aliphatic carbocycles. The molecule has 0 N–H and O–H groups in total. The van der Waals surface area contributed by atoms with E-state index in [0.29, 0.717) is 5.02 Å². The van der Waals surface area contributed by atoms with Crippen LogP contribution < -0.4 is 0 Å². The van der Waals surface area contributed by atoms with Gasteiger partial charge in [0.05, 0.1) is 25.6 Å². The van der Waals surface area contributed by atoms with Crippen molar-refractivity contribution in [2.24, 2.45) is 0 Å². The summed E-state index contributed by atoms with van der Waals surface area (Å²) in [5, 5.41) is 0.630. The molecule has 0 amide bonds. The van der Waals surface area contributed by atoms with E-state index < -0.39 is 10.8 Å². The third kappa shape index (κ3) is 0.635. The van der Waals surface area contributed by atoms with Gasteiger partial charge in [-0.2, -0.15) is 0 Å². The van der Waals surface area contributed by atoms with E-state index >= 15 is 0 Å². The first-order valence-electron chi connectivity index (χ1n) is 2.51. The van der Waals surface area contributed by atoms with Gasteiger partial charge in [-0.05, 0) is 12.1 Å². The molecule has 0 saturated heterocycles. The van der Waals surface area contributed by atoms with Crippen molar-refractivity contribution in [3.8, 4) is 0 Å². The second kappa shape index (κ2) is 1.58. The monoisotopic (exact) mass is 158 g/mol. The molecule has 1 aromatic rings. The SMILES string of the molecule is O=S1c2cccc(Cl)c21. The van der Waals surface area contributed by atoms with Gasteiger partial charge in [-0.3, -0.25) is 0 Å². The van der Waals surface area contributed by atoms with Crippen LogP contribution in [0.3, 0.4) is 0 Å². The molecule has 0 bridgehead atoms.